The maximum Gasteiger partial charge on any atom is 0.317 e. The second-order valence-electron chi connectivity index (χ2n) is 6.64. The van der Waals surface area contributed by atoms with Crippen LogP contribution in [0.3, 0.4) is 0 Å². The molecule has 1 unspecified atom stereocenters. The maximum absolute atomic E-state index is 12.5. The minimum absolute atomic E-state index is 0.0208. The molecule has 2 amide bonds. The third-order valence-electron chi connectivity index (χ3n) is 4.92. The van der Waals surface area contributed by atoms with Gasteiger partial charge in [0, 0.05) is 32.7 Å². The molecule has 0 saturated carbocycles. The Hall–Kier alpha value is -2.69. The second kappa shape index (κ2) is 8.61. The fourth-order valence-corrected chi connectivity index (χ4v) is 3.29. The van der Waals surface area contributed by atoms with Gasteiger partial charge in [0.05, 0.1) is 12.8 Å². The van der Waals surface area contributed by atoms with Crippen LogP contribution in [-0.2, 0) is 0 Å². The Morgan fingerprint density at radius 2 is 1.69 bits per heavy atom. The lowest BCUT2D eigenvalue weighted by Gasteiger charge is -2.36. The number of rotatable bonds is 5. The summed E-state index contributed by atoms with van der Waals surface area (Å²) >= 11 is 0. The zero-order valence-corrected chi connectivity index (χ0v) is 15.5. The summed E-state index contributed by atoms with van der Waals surface area (Å²) in [5, 5.41) is 3.07. The van der Waals surface area contributed by atoms with E-state index >= 15 is 0 Å². The molecule has 1 aliphatic heterocycles. The summed E-state index contributed by atoms with van der Waals surface area (Å²) in [7, 11) is 1.69. The lowest BCUT2D eigenvalue weighted by Crippen LogP contribution is -2.52. The zero-order valence-electron chi connectivity index (χ0n) is 15.5. The average Bonchev–Trinajstić information content (AvgIpc) is 2.72. The van der Waals surface area contributed by atoms with Crippen molar-refractivity contribution in [3.05, 3.63) is 60.2 Å². The highest BCUT2D eigenvalue weighted by atomic mass is 16.5. The number of nitrogens with one attached hydrogen (secondary N) is 1. The van der Waals surface area contributed by atoms with Gasteiger partial charge in [0.15, 0.2) is 0 Å². The molecular formula is C21H27N3O2. The first-order valence-corrected chi connectivity index (χ1v) is 9.14. The van der Waals surface area contributed by atoms with E-state index in [-0.39, 0.29) is 6.03 Å². The van der Waals surface area contributed by atoms with Crippen molar-refractivity contribution in [2.24, 2.45) is 0 Å². The molecule has 0 bridgehead atoms. The molecular weight excluding hydrogens is 326 g/mol. The molecule has 1 fully saturated rings. The molecule has 0 spiro atoms. The fraction of sp³-hybridized carbons (Fsp3) is 0.381. The number of para-hydroxylation sites is 2. The van der Waals surface area contributed by atoms with Crippen LogP contribution >= 0.6 is 0 Å². The normalized spacial score (nSPS) is 15.5. The van der Waals surface area contributed by atoms with Crippen molar-refractivity contribution in [2.75, 3.05) is 44.7 Å². The van der Waals surface area contributed by atoms with E-state index in [1.165, 1.54) is 5.56 Å². The predicted molar refractivity (Wildman–Crippen MR) is 105 cm³/mol. The Morgan fingerprint density at radius 3 is 2.38 bits per heavy atom. The van der Waals surface area contributed by atoms with Crippen LogP contribution in [0.5, 0.6) is 5.75 Å². The monoisotopic (exact) mass is 353 g/mol. The van der Waals surface area contributed by atoms with Gasteiger partial charge in [-0.15, -0.1) is 0 Å². The van der Waals surface area contributed by atoms with Crippen LogP contribution in [0.4, 0.5) is 10.5 Å². The topological polar surface area (TPSA) is 44.8 Å². The average molecular weight is 353 g/mol. The first-order chi connectivity index (χ1) is 12.7. The first kappa shape index (κ1) is 18.1. The van der Waals surface area contributed by atoms with E-state index < -0.39 is 0 Å². The predicted octanol–water partition coefficient (Wildman–Crippen LogP) is 3.33. The van der Waals surface area contributed by atoms with Crippen molar-refractivity contribution in [3.8, 4) is 5.75 Å². The number of methoxy groups -OCH3 is 1. The molecule has 0 aliphatic carbocycles. The summed E-state index contributed by atoms with van der Waals surface area (Å²) in [5.41, 5.74) is 2.33. The van der Waals surface area contributed by atoms with Gasteiger partial charge < -0.3 is 19.9 Å². The highest BCUT2D eigenvalue weighted by Crippen LogP contribution is 2.28. The number of anilines is 1. The van der Waals surface area contributed by atoms with Crippen LogP contribution in [0.1, 0.15) is 18.4 Å². The van der Waals surface area contributed by atoms with E-state index in [2.05, 4.69) is 35.3 Å². The number of piperazine rings is 1. The van der Waals surface area contributed by atoms with Crippen molar-refractivity contribution < 1.29 is 9.53 Å². The number of carbonyl (C=O) groups is 1. The molecule has 1 atom stereocenters. The number of ether oxygens (including phenoxy) is 1. The largest absolute Gasteiger partial charge is 0.495 e. The highest BCUT2D eigenvalue weighted by molar-refractivity contribution is 5.74. The standard InChI is InChI=1S/C21H27N3O2/c1-17(18-8-4-3-5-9-18)16-22-21(25)24-14-12-23(13-15-24)19-10-6-7-11-20(19)26-2/h3-11,17H,12-16H2,1-2H3,(H,22,25). The van der Waals surface area contributed by atoms with Gasteiger partial charge in [0.25, 0.3) is 0 Å². The Morgan fingerprint density at radius 1 is 1.04 bits per heavy atom. The third kappa shape index (κ3) is 4.28. The van der Waals surface area contributed by atoms with E-state index in [0.29, 0.717) is 25.6 Å². The molecule has 0 aromatic heterocycles. The minimum Gasteiger partial charge on any atom is -0.495 e. The fourth-order valence-electron chi connectivity index (χ4n) is 3.29. The van der Waals surface area contributed by atoms with Gasteiger partial charge >= 0.3 is 6.03 Å². The van der Waals surface area contributed by atoms with Crippen molar-refractivity contribution in [1.29, 1.82) is 0 Å². The summed E-state index contributed by atoms with van der Waals surface area (Å²) in [6.07, 6.45) is 0. The van der Waals surface area contributed by atoms with Crippen molar-refractivity contribution in [3.63, 3.8) is 0 Å². The summed E-state index contributed by atoms with van der Waals surface area (Å²) in [5.74, 6) is 1.18. The number of amides is 2. The quantitative estimate of drug-likeness (QED) is 0.897. The van der Waals surface area contributed by atoms with E-state index in [4.69, 9.17) is 4.74 Å². The van der Waals surface area contributed by atoms with Crippen LogP contribution in [0.2, 0.25) is 0 Å². The van der Waals surface area contributed by atoms with Gasteiger partial charge in [-0.1, -0.05) is 49.4 Å². The number of hydrogen-bond acceptors (Lipinski definition) is 3. The van der Waals surface area contributed by atoms with Crippen LogP contribution in [0, 0.1) is 0 Å². The summed E-state index contributed by atoms with van der Waals surface area (Å²) in [4.78, 5) is 16.6. The van der Waals surface area contributed by atoms with E-state index in [1.54, 1.807) is 7.11 Å². The zero-order chi connectivity index (χ0) is 18.4. The van der Waals surface area contributed by atoms with Crippen molar-refractivity contribution in [1.82, 2.24) is 10.2 Å². The molecule has 5 heteroatoms. The molecule has 1 saturated heterocycles. The molecule has 1 heterocycles. The Balaban J connectivity index is 1.49. The van der Waals surface area contributed by atoms with Crippen LogP contribution < -0.4 is 15.0 Å². The van der Waals surface area contributed by atoms with Crippen molar-refractivity contribution in [2.45, 2.75) is 12.8 Å². The summed E-state index contributed by atoms with van der Waals surface area (Å²) < 4.78 is 5.45. The van der Waals surface area contributed by atoms with Crippen LogP contribution in [0.15, 0.2) is 54.6 Å². The first-order valence-electron chi connectivity index (χ1n) is 9.14. The highest BCUT2D eigenvalue weighted by Gasteiger charge is 2.23. The summed E-state index contributed by atoms with van der Waals surface area (Å²) in [6, 6.07) is 18.3. The molecule has 5 nitrogen and oxygen atoms in total. The Kier molecular flexibility index (Phi) is 6.00. The van der Waals surface area contributed by atoms with Crippen LogP contribution in [0.25, 0.3) is 0 Å². The molecule has 138 valence electrons. The second-order valence-corrected chi connectivity index (χ2v) is 6.64. The molecule has 2 aromatic carbocycles. The number of carbonyl (C=O) groups excluding carboxylic acids is 1. The van der Waals surface area contributed by atoms with E-state index in [1.807, 2.05) is 41.3 Å². The number of urea groups is 1. The van der Waals surface area contributed by atoms with Gasteiger partial charge in [0.1, 0.15) is 5.75 Å². The molecule has 1 N–H and O–H groups in total. The number of hydrogen-bond donors (Lipinski definition) is 1. The van der Waals surface area contributed by atoms with E-state index in [0.717, 1.165) is 24.5 Å². The smallest absolute Gasteiger partial charge is 0.317 e. The van der Waals surface area contributed by atoms with Gasteiger partial charge in [-0.2, -0.15) is 0 Å². The summed E-state index contributed by atoms with van der Waals surface area (Å²) in [6.45, 7) is 5.82. The number of benzene rings is 2. The van der Waals surface area contributed by atoms with Gasteiger partial charge in [-0.25, -0.2) is 4.79 Å². The number of nitrogens with zero attached hydrogens (tertiary/aromatic N) is 2. The lowest BCUT2D eigenvalue weighted by molar-refractivity contribution is 0.194. The lowest BCUT2D eigenvalue weighted by atomic mass is 10.0. The van der Waals surface area contributed by atoms with E-state index in [9.17, 15) is 4.79 Å². The van der Waals surface area contributed by atoms with Crippen molar-refractivity contribution >= 4 is 11.7 Å². The third-order valence-corrected chi connectivity index (χ3v) is 4.92. The minimum atomic E-state index is 0.0208. The molecule has 3 rings (SSSR count). The maximum atomic E-state index is 12.5. The molecule has 26 heavy (non-hydrogen) atoms. The molecule has 0 radical (unpaired) electrons. The van der Waals surface area contributed by atoms with Crippen LogP contribution in [-0.4, -0.2) is 50.8 Å². The molecule has 2 aromatic rings. The Bertz CT molecular complexity index is 712. The van der Waals surface area contributed by atoms with Gasteiger partial charge in [0.2, 0.25) is 0 Å². The Labute approximate surface area is 155 Å². The van der Waals surface area contributed by atoms with Gasteiger partial charge in [-0.3, -0.25) is 0 Å². The SMILES string of the molecule is COc1ccccc1N1CCN(C(=O)NCC(C)c2ccccc2)CC1. The molecule has 1 aliphatic rings. The van der Waals surface area contributed by atoms with Gasteiger partial charge in [-0.05, 0) is 23.6 Å².